The van der Waals surface area contributed by atoms with Gasteiger partial charge in [-0.1, -0.05) is 18.5 Å². The summed E-state index contributed by atoms with van der Waals surface area (Å²) in [5, 5.41) is 8.76. The number of hydrogen-bond acceptors (Lipinski definition) is 3. The maximum Gasteiger partial charge on any atom is 0.0835 e. The van der Waals surface area contributed by atoms with Crippen LogP contribution in [-0.4, -0.2) is 28.5 Å². The molecule has 1 N–H and O–H groups in total. The van der Waals surface area contributed by atoms with Crippen molar-refractivity contribution in [1.29, 1.82) is 0 Å². The van der Waals surface area contributed by atoms with Crippen LogP contribution in [0.15, 0.2) is 6.20 Å². The Bertz CT molecular complexity index is 433. The summed E-state index contributed by atoms with van der Waals surface area (Å²) < 4.78 is 8.09. The highest BCUT2D eigenvalue weighted by Gasteiger charge is 2.34. The van der Waals surface area contributed by atoms with Crippen LogP contribution in [0, 0.1) is 0 Å². The quantitative estimate of drug-likeness (QED) is 0.870. The molecule has 1 saturated heterocycles. The molecule has 0 radical (unpaired) electrons. The molecule has 2 heterocycles. The monoisotopic (exact) mass is 299 g/mol. The second-order valence-corrected chi connectivity index (χ2v) is 6.32. The third-order valence-electron chi connectivity index (χ3n) is 3.82. The zero-order valence-electron chi connectivity index (χ0n) is 12.9. The topological polar surface area (TPSA) is 39.1 Å². The summed E-state index contributed by atoms with van der Waals surface area (Å²) in [4.78, 5) is 0. The average Bonchev–Trinajstić information content (AvgIpc) is 2.98. The number of halogens is 1. The second-order valence-electron chi connectivity index (χ2n) is 5.91. The van der Waals surface area contributed by atoms with E-state index >= 15 is 0 Å². The molecule has 3 unspecified atom stereocenters. The molecule has 0 bridgehead atoms. The molecule has 0 aliphatic carbocycles. The third kappa shape index (κ3) is 3.35. The average molecular weight is 300 g/mol. The first-order valence-electron chi connectivity index (χ1n) is 7.66. The first-order valence-corrected chi connectivity index (χ1v) is 8.04. The predicted octanol–water partition coefficient (Wildman–Crippen LogP) is 3.73. The van der Waals surface area contributed by atoms with Gasteiger partial charge in [0.2, 0.25) is 0 Å². The molecule has 4 nitrogen and oxygen atoms in total. The molecule has 3 atom stereocenters. The number of nitrogens with zero attached hydrogens (tertiary/aromatic N) is 2. The van der Waals surface area contributed by atoms with Crippen LogP contribution >= 0.6 is 11.6 Å². The standard InChI is InChI=1S/C15H26ClN3O/c1-5-8-17-14(13-7-6-11(4)20-13)15-12(16)9-18-19(15)10(2)3/h9-11,13-14,17H,5-8H2,1-4H3. The molecule has 1 aliphatic rings. The van der Waals surface area contributed by atoms with Gasteiger partial charge in [0.05, 0.1) is 35.2 Å². The van der Waals surface area contributed by atoms with Gasteiger partial charge < -0.3 is 10.1 Å². The van der Waals surface area contributed by atoms with Crippen LogP contribution in [0.25, 0.3) is 0 Å². The lowest BCUT2D eigenvalue weighted by Gasteiger charge is -2.27. The van der Waals surface area contributed by atoms with Gasteiger partial charge in [-0.05, 0) is 46.6 Å². The zero-order chi connectivity index (χ0) is 14.7. The van der Waals surface area contributed by atoms with E-state index < -0.39 is 0 Å². The number of nitrogens with one attached hydrogen (secondary N) is 1. The van der Waals surface area contributed by atoms with Crippen molar-refractivity contribution in [2.75, 3.05) is 6.54 Å². The summed E-state index contributed by atoms with van der Waals surface area (Å²) >= 11 is 6.40. The molecule has 1 aromatic heterocycles. The van der Waals surface area contributed by atoms with Crippen LogP contribution in [0.1, 0.15) is 64.7 Å². The Morgan fingerprint density at radius 3 is 2.80 bits per heavy atom. The molecule has 1 aromatic rings. The lowest BCUT2D eigenvalue weighted by Crippen LogP contribution is -2.35. The van der Waals surface area contributed by atoms with Gasteiger partial charge in [0, 0.05) is 6.04 Å². The molecule has 5 heteroatoms. The molecule has 2 rings (SSSR count). The summed E-state index contributed by atoms with van der Waals surface area (Å²) in [5.74, 6) is 0. The van der Waals surface area contributed by atoms with Crippen molar-refractivity contribution >= 4 is 11.6 Å². The van der Waals surface area contributed by atoms with Gasteiger partial charge in [-0.2, -0.15) is 5.10 Å². The van der Waals surface area contributed by atoms with E-state index in [2.05, 4.69) is 38.1 Å². The van der Waals surface area contributed by atoms with Crippen molar-refractivity contribution in [2.24, 2.45) is 0 Å². The van der Waals surface area contributed by atoms with Crippen LogP contribution < -0.4 is 5.32 Å². The molecule has 0 aromatic carbocycles. The van der Waals surface area contributed by atoms with Crippen molar-refractivity contribution < 1.29 is 4.74 Å². The molecule has 0 amide bonds. The first kappa shape index (κ1) is 15.8. The maximum atomic E-state index is 6.40. The Labute approximate surface area is 126 Å². The van der Waals surface area contributed by atoms with E-state index in [1.54, 1.807) is 6.20 Å². The van der Waals surface area contributed by atoms with Gasteiger partial charge in [-0.25, -0.2) is 0 Å². The molecular formula is C15H26ClN3O. The minimum atomic E-state index is 0.123. The molecule has 0 spiro atoms. The first-order chi connectivity index (χ1) is 9.54. The van der Waals surface area contributed by atoms with E-state index in [9.17, 15) is 0 Å². The molecule has 114 valence electrons. The van der Waals surface area contributed by atoms with E-state index in [-0.39, 0.29) is 12.1 Å². The van der Waals surface area contributed by atoms with E-state index in [0.29, 0.717) is 12.1 Å². The summed E-state index contributed by atoms with van der Waals surface area (Å²) in [6.45, 7) is 9.52. The second kappa shape index (κ2) is 6.92. The number of rotatable bonds is 6. The number of aromatic nitrogens is 2. The molecule has 1 fully saturated rings. The highest BCUT2D eigenvalue weighted by atomic mass is 35.5. The summed E-state index contributed by atoms with van der Waals surface area (Å²) in [6, 6.07) is 0.416. The van der Waals surface area contributed by atoms with E-state index in [1.165, 1.54) is 0 Å². The van der Waals surface area contributed by atoms with Crippen molar-refractivity contribution in [3.63, 3.8) is 0 Å². The van der Waals surface area contributed by atoms with Crippen LogP contribution in [-0.2, 0) is 4.74 Å². The SMILES string of the molecule is CCCNC(c1c(Cl)cnn1C(C)C)C1CCC(C)O1. The summed E-state index contributed by atoms with van der Waals surface area (Å²) in [5.41, 5.74) is 1.06. The van der Waals surface area contributed by atoms with Gasteiger partial charge >= 0.3 is 0 Å². The van der Waals surface area contributed by atoms with E-state index in [0.717, 1.165) is 36.5 Å². The van der Waals surface area contributed by atoms with Gasteiger partial charge in [-0.3, -0.25) is 4.68 Å². The summed E-state index contributed by atoms with van der Waals surface area (Å²) in [6.07, 6.45) is 5.54. The van der Waals surface area contributed by atoms with Gasteiger partial charge in [-0.15, -0.1) is 0 Å². The van der Waals surface area contributed by atoms with E-state index in [1.807, 2.05) is 4.68 Å². The smallest absolute Gasteiger partial charge is 0.0835 e. The van der Waals surface area contributed by atoms with Crippen molar-refractivity contribution in [3.8, 4) is 0 Å². The minimum Gasteiger partial charge on any atom is -0.373 e. The highest BCUT2D eigenvalue weighted by Crippen LogP contribution is 2.34. The van der Waals surface area contributed by atoms with Gasteiger partial charge in [0.25, 0.3) is 0 Å². The zero-order valence-corrected chi connectivity index (χ0v) is 13.7. The largest absolute Gasteiger partial charge is 0.373 e. The Morgan fingerprint density at radius 1 is 1.50 bits per heavy atom. The van der Waals surface area contributed by atoms with Crippen LogP contribution in [0.4, 0.5) is 0 Å². The summed E-state index contributed by atoms with van der Waals surface area (Å²) in [7, 11) is 0. The van der Waals surface area contributed by atoms with Crippen LogP contribution in [0.3, 0.4) is 0 Å². The van der Waals surface area contributed by atoms with Gasteiger partial charge in [0.15, 0.2) is 0 Å². The van der Waals surface area contributed by atoms with Crippen molar-refractivity contribution in [3.05, 3.63) is 16.9 Å². The lowest BCUT2D eigenvalue weighted by molar-refractivity contribution is 0.0294. The fraction of sp³-hybridized carbons (Fsp3) is 0.800. The van der Waals surface area contributed by atoms with Crippen LogP contribution in [0.2, 0.25) is 5.02 Å². The molecule has 20 heavy (non-hydrogen) atoms. The number of hydrogen-bond donors (Lipinski definition) is 1. The lowest BCUT2D eigenvalue weighted by atomic mass is 10.0. The Kier molecular flexibility index (Phi) is 5.47. The van der Waals surface area contributed by atoms with Gasteiger partial charge in [0.1, 0.15) is 0 Å². The van der Waals surface area contributed by atoms with Crippen LogP contribution in [0.5, 0.6) is 0 Å². The Balaban J connectivity index is 2.28. The maximum absolute atomic E-state index is 6.40. The highest BCUT2D eigenvalue weighted by molar-refractivity contribution is 6.31. The fourth-order valence-electron chi connectivity index (χ4n) is 2.84. The minimum absolute atomic E-state index is 0.123. The predicted molar refractivity (Wildman–Crippen MR) is 82.2 cm³/mol. The molecule has 1 aliphatic heterocycles. The third-order valence-corrected chi connectivity index (χ3v) is 4.11. The Hall–Kier alpha value is -0.580. The molecular weight excluding hydrogens is 274 g/mol. The van der Waals surface area contributed by atoms with E-state index in [4.69, 9.17) is 16.3 Å². The normalized spacial score (nSPS) is 24.5. The van der Waals surface area contributed by atoms with Crippen molar-refractivity contribution in [1.82, 2.24) is 15.1 Å². The number of ether oxygens (including phenoxy) is 1. The molecule has 0 saturated carbocycles. The Morgan fingerprint density at radius 2 is 2.25 bits per heavy atom. The van der Waals surface area contributed by atoms with Crippen molar-refractivity contribution in [2.45, 2.75) is 71.2 Å². The fourth-order valence-corrected chi connectivity index (χ4v) is 3.08.